The van der Waals surface area contributed by atoms with Gasteiger partial charge >= 0.3 is 0 Å². The van der Waals surface area contributed by atoms with Crippen LogP contribution in [-0.2, 0) is 6.54 Å². The zero-order valence-corrected chi connectivity index (χ0v) is 10.2. The van der Waals surface area contributed by atoms with Crippen LogP contribution < -0.4 is 5.32 Å². The molecule has 0 amide bonds. The lowest BCUT2D eigenvalue weighted by Crippen LogP contribution is -2.15. The van der Waals surface area contributed by atoms with Gasteiger partial charge in [0.05, 0.1) is 16.8 Å². The van der Waals surface area contributed by atoms with E-state index < -0.39 is 4.92 Å². The number of hydrogen-bond acceptors (Lipinski definition) is 5. The summed E-state index contributed by atoms with van der Waals surface area (Å²) < 4.78 is 1.45. The first-order valence-corrected chi connectivity index (χ1v) is 6.12. The fraction of sp³-hybridized carbons (Fsp3) is 0.333. The van der Waals surface area contributed by atoms with Gasteiger partial charge in [-0.2, -0.15) is 0 Å². The van der Waals surface area contributed by atoms with Gasteiger partial charge in [-0.15, -0.1) is 5.10 Å². The number of nitrogens with zero attached hydrogens (tertiary/aromatic N) is 4. The third-order valence-electron chi connectivity index (χ3n) is 3.02. The van der Waals surface area contributed by atoms with Crippen LogP contribution in [-0.4, -0.2) is 26.0 Å². The van der Waals surface area contributed by atoms with Gasteiger partial charge in [-0.25, -0.2) is 4.68 Å². The standard InChI is InChI=1S/C12H13N5O2/c18-17(19)12-4-2-1-3-11(12)16-8-10(14-15-16)7-13-9-5-6-9/h1-4,8-9,13H,5-7H2. The number of nitro groups is 1. The molecule has 1 aliphatic carbocycles. The van der Waals surface area contributed by atoms with Crippen LogP contribution in [0.1, 0.15) is 18.5 Å². The summed E-state index contributed by atoms with van der Waals surface area (Å²) in [6.45, 7) is 0.644. The summed E-state index contributed by atoms with van der Waals surface area (Å²) in [4.78, 5) is 10.5. The normalized spacial score (nSPS) is 14.5. The van der Waals surface area contributed by atoms with Gasteiger partial charge in [-0.3, -0.25) is 10.1 Å². The highest BCUT2D eigenvalue weighted by molar-refractivity contribution is 5.51. The average molecular weight is 259 g/mol. The van der Waals surface area contributed by atoms with Gasteiger partial charge in [-0.05, 0) is 18.9 Å². The number of nitrogens with one attached hydrogen (secondary N) is 1. The van der Waals surface area contributed by atoms with Crippen molar-refractivity contribution in [2.45, 2.75) is 25.4 Å². The Morgan fingerprint density at radius 2 is 2.21 bits per heavy atom. The fourth-order valence-corrected chi connectivity index (χ4v) is 1.85. The van der Waals surface area contributed by atoms with Crippen molar-refractivity contribution in [2.75, 3.05) is 0 Å². The molecule has 1 N–H and O–H groups in total. The van der Waals surface area contributed by atoms with Crippen LogP contribution in [0, 0.1) is 10.1 Å². The van der Waals surface area contributed by atoms with Gasteiger partial charge in [0.2, 0.25) is 0 Å². The first kappa shape index (κ1) is 11.8. The Hall–Kier alpha value is -2.28. The lowest BCUT2D eigenvalue weighted by molar-refractivity contribution is -0.384. The van der Waals surface area contributed by atoms with Gasteiger partial charge in [-0.1, -0.05) is 17.3 Å². The Labute approximate surface area is 109 Å². The number of para-hydroxylation sites is 2. The highest BCUT2D eigenvalue weighted by Gasteiger charge is 2.21. The Kier molecular flexibility index (Phi) is 2.96. The first-order valence-electron chi connectivity index (χ1n) is 6.12. The highest BCUT2D eigenvalue weighted by Crippen LogP contribution is 2.22. The van der Waals surface area contributed by atoms with E-state index in [-0.39, 0.29) is 5.69 Å². The lowest BCUT2D eigenvalue weighted by Gasteiger charge is -2.00. The molecule has 0 aliphatic heterocycles. The molecule has 98 valence electrons. The van der Waals surface area contributed by atoms with Crippen LogP contribution in [0.5, 0.6) is 0 Å². The summed E-state index contributed by atoms with van der Waals surface area (Å²) in [5.74, 6) is 0. The molecule has 0 saturated heterocycles. The van der Waals surface area contributed by atoms with Gasteiger partial charge < -0.3 is 5.32 Å². The Balaban J connectivity index is 1.83. The van der Waals surface area contributed by atoms with Crippen LogP contribution >= 0.6 is 0 Å². The summed E-state index contributed by atoms with van der Waals surface area (Å²) in [5.41, 5.74) is 1.23. The van der Waals surface area contributed by atoms with Gasteiger partial charge in [0.1, 0.15) is 5.69 Å². The van der Waals surface area contributed by atoms with E-state index in [2.05, 4.69) is 15.6 Å². The molecule has 1 saturated carbocycles. The van der Waals surface area contributed by atoms with Crippen LogP contribution in [0.3, 0.4) is 0 Å². The van der Waals surface area contributed by atoms with Crippen molar-refractivity contribution >= 4 is 5.69 Å². The predicted octanol–water partition coefficient (Wildman–Crippen LogP) is 1.43. The first-order chi connectivity index (χ1) is 9.24. The summed E-state index contributed by atoms with van der Waals surface area (Å²) in [6.07, 6.45) is 4.13. The molecule has 0 spiro atoms. The lowest BCUT2D eigenvalue weighted by atomic mass is 10.3. The van der Waals surface area contributed by atoms with Crippen molar-refractivity contribution in [1.82, 2.24) is 20.3 Å². The molecule has 7 nitrogen and oxygen atoms in total. The Bertz CT molecular complexity index is 606. The summed E-state index contributed by atoms with van der Waals surface area (Å²) in [6, 6.07) is 7.08. The molecule has 0 radical (unpaired) electrons. The molecule has 1 aromatic heterocycles. The molecular formula is C12H13N5O2. The van der Waals surface area contributed by atoms with E-state index in [0.29, 0.717) is 18.3 Å². The van der Waals surface area contributed by atoms with Gasteiger partial charge in [0.25, 0.3) is 5.69 Å². The van der Waals surface area contributed by atoms with E-state index in [1.165, 1.54) is 23.6 Å². The smallest absolute Gasteiger partial charge is 0.294 e. The average Bonchev–Trinajstić information content (AvgIpc) is 3.13. The second-order valence-electron chi connectivity index (χ2n) is 4.56. The maximum atomic E-state index is 11.0. The molecule has 1 aromatic carbocycles. The van der Waals surface area contributed by atoms with E-state index in [1.807, 2.05) is 0 Å². The number of hydrogen-bond donors (Lipinski definition) is 1. The van der Waals surface area contributed by atoms with Gasteiger partial charge in [0.15, 0.2) is 0 Å². The Morgan fingerprint density at radius 1 is 1.42 bits per heavy atom. The zero-order chi connectivity index (χ0) is 13.2. The summed E-state index contributed by atoms with van der Waals surface area (Å²) >= 11 is 0. The van der Waals surface area contributed by atoms with E-state index in [1.54, 1.807) is 24.4 Å². The van der Waals surface area contributed by atoms with Gasteiger partial charge in [0, 0.05) is 18.7 Å². The van der Waals surface area contributed by atoms with Crippen LogP contribution in [0.2, 0.25) is 0 Å². The minimum absolute atomic E-state index is 0.0223. The quantitative estimate of drug-likeness (QED) is 0.648. The van der Waals surface area contributed by atoms with E-state index in [0.717, 1.165) is 5.69 Å². The largest absolute Gasteiger partial charge is 0.308 e. The van der Waals surface area contributed by atoms with E-state index in [4.69, 9.17) is 0 Å². The molecule has 0 atom stereocenters. The molecule has 7 heteroatoms. The summed E-state index contributed by atoms with van der Waals surface area (Å²) in [7, 11) is 0. The minimum Gasteiger partial charge on any atom is -0.308 e. The Morgan fingerprint density at radius 3 is 2.95 bits per heavy atom. The van der Waals surface area contributed by atoms with Crippen molar-refractivity contribution in [3.63, 3.8) is 0 Å². The van der Waals surface area contributed by atoms with E-state index >= 15 is 0 Å². The SMILES string of the molecule is O=[N+]([O-])c1ccccc1-n1cc(CNC2CC2)nn1. The van der Waals surface area contributed by atoms with Crippen molar-refractivity contribution in [1.29, 1.82) is 0 Å². The molecule has 1 heterocycles. The topological polar surface area (TPSA) is 85.9 Å². The second kappa shape index (κ2) is 4.77. The van der Waals surface area contributed by atoms with Crippen LogP contribution in [0.15, 0.2) is 30.5 Å². The zero-order valence-electron chi connectivity index (χ0n) is 10.2. The molecule has 19 heavy (non-hydrogen) atoms. The van der Waals surface area contributed by atoms with Crippen LogP contribution in [0.4, 0.5) is 5.69 Å². The number of benzene rings is 1. The maximum absolute atomic E-state index is 11.0. The number of nitro benzene ring substituents is 1. The van der Waals surface area contributed by atoms with Crippen molar-refractivity contribution < 1.29 is 4.92 Å². The molecular weight excluding hydrogens is 246 g/mol. The predicted molar refractivity (Wildman–Crippen MR) is 67.9 cm³/mol. The number of aromatic nitrogens is 3. The highest BCUT2D eigenvalue weighted by atomic mass is 16.6. The molecule has 3 rings (SSSR count). The fourth-order valence-electron chi connectivity index (χ4n) is 1.85. The second-order valence-corrected chi connectivity index (χ2v) is 4.56. The third kappa shape index (κ3) is 2.60. The number of rotatable bonds is 5. The van der Waals surface area contributed by atoms with Crippen molar-refractivity contribution in [3.8, 4) is 5.69 Å². The van der Waals surface area contributed by atoms with E-state index in [9.17, 15) is 10.1 Å². The van der Waals surface area contributed by atoms with Crippen molar-refractivity contribution in [3.05, 3.63) is 46.3 Å². The molecule has 2 aromatic rings. The third-order valence-corrected chi connectivity index (χ3v) is 3.02. The monoisotopic (exact) mass is 259 g/mol. The summed E-state index contributed by atoms with van der Waals surface area (Å²) in [5, 5.41) is 22.3. The molecule has 1 aliphatic rings. The van der Waals surface area contributed by atoms with Crippen molar-refractivity contribution in [2.24, 2.45) is 0 Å². The molecule has 1 fully saturated rings. The van der Waals surface area contributed by atoms with Crippen LogP contribution in [0.25, 0.3) is 5.69 Å². The maximum Gasteiger partial charge on any atom is 0.294 e. The molecule has 0 unspecified atom stereocenters. The minimum atomic E-state index is -0.418. The molecule has 0 bridgehead atoms.